The van der Waals surface area contributed by atoms with Gasteiger partial charge in [-0.05, 0) is 36.6 Å². The molecule has 0 amide bonds. The zero-order chi connectivity index (χ0) is 23.4. The summed E-state index contributed by atoms with van der Waals surface area (Å²) in [4.78, 5) is 26.0. The minimum Gasteiger partial charge on any atom is -0.497 e. The van der Waals surface area contributed by atoms with Crippen molar-refractivity contribution in [3.8, 4) is 28.8 Å². The van der Waals surface area contributed by atoms with Crippen LogP contribution in [-0.4, -0.2) is 49.3 Å². The Kier molecular flexibility index (Phi) is 6.04. The molecular formula is C23H21N7O3. The number of fused-ring (bicyclic) bond motifs is 1. The lowest BCUT2D eigenvalue weighted by Gasteiger charge is -2.24. The van der Waals surface area contributed by atoms with Crippen molar-refractivity contribution >= 4 is 23.3 Å². The zero-order valence-corrected chi connectivity index (χ0v) is 18.1. The summed E-state index contributed by atoms with van der Waals surface area (Å²) in [6.45, 7) is 1.80. The maximum absolute atomic E-state index is 11.7. The Balaban J connectivity index is 1.87. The molecule has 0 aliphatic rings. The second-order valence-electron chi connectivity index (χ2n) is 7.10. The van der Waals surface area contributed by atoms with E-state index in [-0.39, 0.29) is 12.5 Å². The molecule has 166 valence electrons. The highest BCUT2D eigenvalue weighted by atomic mass is 16.5. The van der Waals surface area contributed by atoms with E-state index < -0.39 is 5.97 Å². The van der Waals surface area contributed by atoms with Crippen LogP contribution in [0.25, 0.3) is 16.9 Å². The second kappa shape index (κ2) is 9.23. The van der Waals surface area contributed by atoms with Gasteiger partial charge in [-0.2, -0.15) is 5.10 Å². The molecule has 0 atom stereocenters. The fourth-order valence-corrected chi connectivity index (χ4v) is 3.35. The number of methoxy groups -OCH3 is 1. The lowest BCUT2D eigenvalue weighted by molar-refractivity contribution is -0.135. The Morgan fingerprint density at radius 2 is 1.91 bits per heavy atom. The van der Waals surface area contributed by atoms with Crippen LogP contribution in [0.4, 0.5) is 11.6 Å². The highest BCUT2D eigenvalue weighted by molar-refractivity contribution is 5.80. The molecular weight excluding hydrogens is 422 g/mol. The number of imidazole rings is 1. The van der Waals surface area contributed by atoms with Gasteiger partial charge in [-0.1, -0.05) is 18.1 Å². The normalized spacial score (nSPS) is 10.5. The van der Waals surface area contributed by atoms with Gasteiger partial charge in [0, 0.05) is 24.5 Å². The maximum Gasteiger partial charge on any atom is 0.323 e. The lowest BCUT2D eigenvalue weighted by atomic mass is 10.1. The average molecular weight is 443 g/mol. The number of anilines is 2. The predicted octanol–water partition coefficient (Wildman–Crippen LogP) is 2.24. The van der Waals surface area contributed by atoms with Crippen LogP contribution in [0.1, 0.15) is 18.2 Å². The highest BCUT2D eigenvalue weighted by Crippen LogP contribution is 2.28. The van der Waals surface area contributed by atoms with Crippen LogP contribution >= 0.6 is 0 Å². The summed E-state index contributed by atoms with van der Waals surface area (Å²) in [5.41, 5.74) is 9.33. The number of carbonyl (C=O) groups is 1. The molecule has 3 N–H and O–H groups in total. The molecule has 0 fully saturated rings. The molecule has 0 spiro atoms. The number of hydrogen-bond donors (Lipinski definition) is 2. The van der Waals surface area contributed by atoms with Gasteiger partial charge in [-0.3, -0.25) is 4.79 Å². The Hall–Kier alpha value is -4.65. The Morgan fingerprint density at radius 1 is 1.18 bits per heavy atom. The molecule has 3 aromatic heterocycles. The van der Waals surface area contributed by atoms with E-state index in [4.69, 9.17) is 10.5 Å². The average Bonchev–Trinajstić information content (AvgIpc) is 3.22. The number of aromatic nitrogens is 5. The molecule has 4 aromatic rings. The van der Waals surface area contributed by atoms with E-state index in [9.17, 15) is 9.90 Å². The third-order valence-electron chi connectivity index (χ3n) is 4.87. The van der Waals surface area contributed by atoms with Crippen LogP contribution in [0, 0.1) is 11.8 Å². The van der Waals surface area contributed by atoms with Gasteiger partial charge in [0.25, 0.3) is 0 Å². The van der Waals surface area contributed by atoms with Gasteiger partial charge in [-0.15, -0.1) is 0 Å². The van der Waals surface area contributed by atoms with Gasteiger partial charge < -0.3 is 20.5 Å². The monoisotopic (exact) mass is 443 g/mol. The van der Waals surface area contributed by atoms with Crippen molar-refractivity contribution in [1.29, 1.82) is 0 Å². The van der Waals surface area contributed by atoms with Gasteiger partial charge in [-0.25, -0.2) is 19.5 Å². The second-order valence-corrected chi connectivity index (χ2v) is 7.10. The standard InChI is InChI=1S/C23H21N7O3/c1-3-4-17-12-25-22-20(9-19(28-30(17)22)16-10-26-23(24)27-11-16)29(14-21(31)32)13-15-5-7-18(33-2)8-6-15/h5-12H,13-14H2,1-2H3,(H,31,32)(H2,24,26,27). The van der Waals surface area contributed by atoms with Crippen LogP contribution in [0.2, 0.25) is 0 Å². The number of aliphatic carboxylic acids is 1. The Morgan fingerprint density at radius 3 is 2.55 bits per heavy atom. The quantitative estimate of drug-likeness (QED) is 0.413. The van der Waals surface area contributed by atoms with E-state index in [1.54, 1.807) is 48.1 Å². The topological polar surface area (TPSA) is 132 Å². The first kappa shape index (κ1) is 21.6. The fourth-order valence-electron chi connectivity index (χ4n) is 3.35. The number of ether oxygens (including phenoxy) is 1. The van der Waals surface area contributed by atoms with E-state index in [1.807, 2.05) is 24.3 Å². The number of nitrogen functional groups attached to an aromatic ring is 1. The van der Waals surface area contributed by atoms with Crippen molar-refractivity contribution in [2.75, 3.05) is 24.3 Å². The zero-order valence-electron chi connectivity index (χ0n) is 18.1. The van der Waals surface area contributed by atoms with Crippen molar-refractivity contribution in [1.82, 2.24) is 24.6 Å². The molecule has 10 heteroatoms. The number of benzene rings is 1. The van der Waals surface area contributed by atoms with Gasteiger partial charge >= 0.3 is 5.97 Å². The molecule has 0 aliphatic carbocycles. The third-order valence-corrected chi connectivity index (χ3v) is 4.87. The molecule has 0 radical (unpaired) electrons. The summed E-state index contributed by atoms with van der Waals surface area (Å²) in [6.07, 6.45) is 4.73. The van der Waals surface area contributed by atoms with Crippen molar-refractivity contribution < 1.29 is 14.6 Å². The van der Waals surface area contributed by atoms with Crippen molar-refractivity contribution in [2.24, 2.45) is 0 Å². The predicted molar refractivity (Wildman–Crippen MR) is 123 cm³/mol. The van der Waals surface area contributed by atoms with Crippen LogP contribution in [0.5, 0.6) is 5.75 Å². The SMILES string of the molecule is CC#Cc1cnc2c(N(CC(=O)O)Cc3ccc(OC)cc3)cc(-c3cnc(N)nc3)nn12. The molecule has 0 aliphatic heterocycles. The third kappa shape index (κ3) is 4.67. The van der Waals surface area contributed by atoms with Crippen LogP contribution < -0.4 is 15.4 Å². The molecule has 33 heavy (non-hydrogen) atoms. The van der Waals surface area contributed by atoms with Crippen molar-refractivity contribution in [3.63, 3.8) is 0 Å². The number of nitrogens with zero attached hydrogens (tertiary/aromatic N) is 6. The van der Waals surface area contributed by atoms with Gasteiger partial charge in [0.2, 0.25) is 5.95 Å². The van der Waals surface area contributed by atoms with E-state index in [2.05, 4.69) is 31.9 Å². The van der Waals surface area contributed by atoms with E-state index in [1.165, 1.54) is 0 Å². The molecule has 10 nitrogen and oxygen atoms in total. The summed E-state index contributed by atoms with van der Waals surface area (Å²) >= 11 is 0. The molecule has 0 saturated carbocycles. The number of carboxylic acids is 1. The van der Waals surface area contributed by atoms with E-state index in [0.29, 0.717) is 34.8 Å². The number of carboxylic acid groups (broad SMARTS) is 1. The molecule has 3 heterocycles. The van der Waals surface area contributed by atoms with Gasteiger partial charge in [0.15, 0.2) is 5.65 Å². The minimum absolute atomic E-state index is 0.146. The Bertz CT molecular complexity index is 1350. The highest BCUT2D eigenvalue weighted by Gasteiger charge is 2.20. The molecule has 0 unspecified atom stereocenters. The first-order chi connectivity index (χ1) is 16.0. The smallest absolute Gasteiger partial charge is 0.323 e. The van der Waals surface area contributed by atoms with E-state index >= 15 is 0 Å². The molecule has 1 aromatic carbocycles. The maximum atomic E-state index is 11.7. The Labute approximate surface area is 189 Å². The number of rotatable bonds is 7. The lowest BCUT2D eigenvalue weighted by Crippen LogP contribution is -2.30. The fraction of sp³-hybridized carbons (Fsp3) is 0.174. The van der Waals surface area contributed by atoms with Gasteiger partial charge in [0.1, 0.15) is 18.0 Å². The minimum atomic E-state index is -0.976. The first-order valence-electron chi connectivity index (χ1n) is 9.97. The van der Waals surface area contributed by atoms with Crippen molar-refractivity contribution in [3.05, 3.63) is 60.2 Å². The first-order valence-corrected chi connectivity index (χ1v) is 9.97. The van der Waals surface area contributed by atoms with E-state index in [0.717, 1.165) is 11.3 Å². The van der Waals surface area contributed by atoms with Crippen LogP contribution in [0.15, 0.2) is 48.9 Å². The summed E-state index contributed by atoms with van der Waals surface area (Å²) in [6, 6.07) is 9.21. The number of hydrogen-bond acceptors (Lipinski definition) is 8. The molecule has 0 saturated heterocycles. The van der Waals surface area contributed by atoms with Crippen LogP contribution in [0.3, 0.4) is 0 Å². The molecule has 0 bridgehead atoms. The van der Waals surface area contributed by atoms with Crippen molar-refractivity contribution in [2.45, 2.75) is 13.5 Å². The summed E-state index contributed by atoms with van der Waals surface area (Å²) in [5, 5.41) is 14.3. The number of nitrogens with two attached hydrogens (primary N) is 1. The summed E-state index contributed by atoms with van der Waals surface area (Å²) in [5.74, 6) is 5.71. The summed E-state index contributed by atoms with van der Waals surface area (Å²) in [7, 11) is 1.59. The largest absolute Gasteiger partial charge is 0.497 e. The van der Waals surface area contributed by atoms with Crippen LogP contribution in [-0.2, 0) is 11.3 Å². The molecule has 4 rings (SSSR count). The summed E-state index contributed by atoms with van der Waals surface area (Å²) < 4.78 is 6.81. The van der Waals surface area contributed by atoms with Gasteiger partial charge in [0.05, 0.1) is 24.7 Å².